The van der Waals surface area contributed by atoms with Crippen LogP contribution in [0.4, 0.5) is 0 Å². The minimum atomic E-state index is -1.12. The maximum Gasteiger partial charge on any atom is 2.00 e. The molecule has 0 aliphatic carbocycles. The van der Waals surface area contributed by atoms with Crippen LogP contribution in [0.2, 0.25) is 0 Å². The largest absolute Gasteiger partial charge is 2.00 e. The molecule has 0 spiro atoms. The minimum Gasteiger partial charge on any atom is -0.550 e. The average Bonchev–Trinajstić information content (AvgIpc) is 3.24. The molecule has 0 saturated carbocycles. The molecule has 0 radical (unpaired) electrons. The predicted octanol–water partition coefficient (Wildman–Crippen LogP) is 4.03. The van der Waals surface area contributed by atoms with Crippen molar-refractivity contribution in [1.29, 1.82) is 0 Å². The molecule has 0 aromatic heterocycles. The van der Waals surface area contributed by atoms with Gasteiger partial charge in [0, 0.05) is 45.3 Å². The van der Waals surface area contributed by atoms with Crippen molar-refractivity contribution < 1.29 is 19.8 Å². The molecule has 2 atom stereocenters. The first-order valence-corrected chi connectivity index (χ1v) is 13.5. The van der Waals surface area contributed by atoms with Crippen molar-refractivity contribution in [2.75, 3.05) is 0 Å². The Morgan fingerprint density at radius 1 is 0.488 bits per heavy atom. The van der Waals surface area contributed by atoms with Crippen LogP contribution in [0, 0.1) is 0 Å². The van der Waals surface area contributed by atoms with Crippen molar-refractivity contribution in [3.05, 3.63) is 141 Å². The third-order valence-electron chi connectivity index (χ3n) is 7.64. The summed E-state index contributed by atoms with van der Waals surface area (Å²) in [6.07, 6.45) is 0. The summed E-state index contributed by atoms with van der Waals surface area (Å²) in [7, 11) is 0. The fourth-order valence-electron chi connectivity index (χ4n) is 5.01. The van der Waals surface area contributed by atoms with Gasteiger partial charge < -0.3 is 19.8 Å². The van der Waals surface area contributed by atoms with E-state index in [9.17, 15) is 29.4 Å². The number of carbonyl (C=O) groups excluding carboxylic acids is 2. The average molecular weight is 595 g/mol. The van der Waals surface area contributed by atoms with E-state index in [4.69, 9.17) is 0 Å². The Balaban J connectivity index is 0.000000192. The van der Waals surface area contributed by atoms with Crippen molar-refractivity contribution >= 4 is 92.8 Å². The molecule has 0 heterocycles. The molecule has 43 heavy (non-hydrogen) atoms. The summed E-state index contributed by atoms with van der Waals surface area (Å²) in [6, 6.07) is 32.5. The fraction of sp³-hybridized carbons (Fsp3) is 0.111. The van der Waals surface area contributed by atoms with Gasteiger partial charge in [-0.3, -0.25) is 9.59 Å². The third kappa shape index (κ3) is 6.62. The van der Waals surface area contributed by atoms with Gasteiger partial charge in [0.25, 0.3) is 0 Å². The number of carboxylic acids is 2. The van der Waals surface area contributed by atoms with Crippen LogP contribution in [-0.2, 0) is 9.59 Å². The quantitative estimate of drug-likeness (QED) is 0.285. The molecule has 0 aliphatic heterocycles. The van der Waals surface area contributed by atoms with E-state index in [-0.39, 0.29) is 48.6 Å². The summed E-state index contributed by atoms with van der Waals surface area (Å²) in [6.45, 7) is 3.15. The van der Waals surface area contributed by atoms with Crippen molar-refractivity contribution in [1.82, 2.24) is 0 Å². The van der Waals surface area contributed by atoms with Gasteiger partial charge in [0.05, 0.1) is 0 Å². The van der Waals surface area contributed by atoms with E-state index >= 15 is 0 Å². The van der Waals surface area contributed by atoms with Gasteiger partial charge in [0.15, 0.2) is 10.9 Å². The van der Waals surface area contributed by atoms with E-state index in [1.165, 1.54) is 0 Å². The number of hydrogen-bond acceptors (Lipinski definition) is 6. The van der Waals surface area contributed by atoms with Crippen LogP contribution >= 0.6 is 0 Å². The zero-order chi connectivity index (χ0) is 30.0. The summed E-state index contributed by atoms with van der Waals surface area (Å²) in [5.41, 5.74) is 1.19. The van der Waals surface area contributed by atoms with Gasteiger partial charge in [0.1, 0.15) is 0 Å². The molecule has 6 rings (SSSR count). The number of carbonyl (C=O) groups is 2. The summed E-state index contributed by atoms with van der Waals surface area (Å²) >= 11 is 0. The first kappa shape index (κ1) is 31.8. The van der Waals surface area contributed by atoms with Gasteiger partial charge in [-0.15, -0.1) is 0 Å². The second-order valence-electron chi connectivity index (χ2n) is 10.3. The van der Waals surface area contributed by atoms with Gasteiger partial charge >= 0.3 is 37.7 Å². The minimum absolute atomic E-state index is 0. The molecule has 0 bridgehead atoms. The molecule has 0 saturated heterocycles. The van der Waals surface area contributed by atoms with E-state index in [1.54, 1.807) is 62.4 Å². The third-order valence-corrected chi connectivity index (χ3v) is 7.64. The fourth-order valence-corrected chi connectivity index (χ4v) is 5.01. The second kappa shape index (κ2) is 13.5. The van der Waals surface area contributed by atoms with Crippen molar-refractivity contribution in [3.8, 4) is 0 Å². The molecule has 0 N–H and O–H groups in total. The molecule has 6 aromatic carbocycles. The zero-order valence-electron chi connectivity index (χ0n) is 23.7. The molecule has 7 heteroatoms. The van der Waals surface area contributed by atoms with E-state index in [2.05, 4.69) is 0 Å². The molecular weight excluding hydrogens is 568 g/mol. The number of rotatable bonds is 4. The van der Waals surface area contributed by atoms with Gasteiger partial charge in [-0.2, -0.15) is 0 Å². The predicted molar refractivity (Wildman–Crippen MR) is 168 cm³/mol. The Bertz CT molecular complexity index is 1990. The summed E-state index contributed by atoms with van der Waals surface area (Å²) < 4.78 is 0. The van der Waals surface area contributed by atoms with Crippen LogP contribution < -0.4 is 21.1 Å². The maximum atomic E-state index is 12.6. The van der Waals surface area contributed by atoms with E-state index in [0.29, 0.717) is 32.7 Å². The van der Waals surface area contributed by atoms with Gasteiger partial charge in [0.2, 0.25) is 0 Å². The molecule has 0 aliphatic rings. The molecule has 6 aromatic rings. The van der Waals surface area contributed by atoms with Gasteiger partial charge in [-0.05, 0) is 32.7 Å². The molecule has 6 nitrogen and oxygen atoms in total. The van der Waals surface area contributed by atoms with E-state index in [0.717, 1.165) is 21.5 Å². The van der Waals surface area contributed by atoms with Gasteiger partial charge in [-0.25, -0.2) is 0 Å². The monoisotopic (exact) mass is 594 g/mol. The van der Waals surface area contributed by atoms with Crippen molar-refractivity contribution in [3.63, 3.8) is 0 Å². The molecular formula is C36H26CaO6. The first-order chi connectivity index (χ1) is 20.2. The normalized spacial score (nSPS) is 12.1. The standard InChI is InChI=1S/2C18H14O3.Ca/c2*1-11(18(20)21)13-8-9-16-14(10-13)7-6-12-4-2-3-5-15(12)17(16)19;/h2*2-11H,1H3,(H,20,21);/q;;+2/p-2. The van der Waals surface area contributed by atoms with Crippen LogP contribution in [0.1, 0.15) is 36.8 Å². The van der Waals surface area contributed by atoms with Crippen molar-refractivity contribution in [2.24, 2.45) is 0 Å². The number of aliphatic carboxylic acids is 2. The van der Waals surface area contributed by atoms with Gasteiger partial charge in [-0.1, -0.05) is 123 Å². The Labute approximate surface area is 277 Å². The van der Waals surface area contributed by atoms with E-state index < -0.39 is 23.8 Å². The summed E-state index contributed by atoms with van der Waals surface area (Å²) in [4.78, 5) is 47.1. The molecule has 208 valence electrons. The van der Waals surface area contributed by atoms with Crippen LogP contribution in [0.25, 0.3) is 43.1 Å². The number of fused-ring (bicyclic) bond motifs is 4. The van der Waals surface area contributed by atoms with Crippen molar-refractivity contribution in [2.45, 2.75) is 25.7 Å². The van der Waals surface area contributed by atoms with Crippen LogP contribution in [0.3, 0.4) is 0 Å². The van der Waals surface area contributed by atoms with E-state index in [1.807, 2.05) is 60.7 Å². The van der Waals surface area contributed by atoms with Crippen LogP contribution in [0.15, 0.2) is 119 Å². The summed E-state index contributed by atoms with van der Waals surface area (Å²) in [5.74, 6) is -3.65. The topological polar surface area (TPSA) is 114 Å². The Hall–Kier alpha value is -4.10. The number of hydrogen-bond donors (Lipinski definition) is 0. The number of benzene rings is 4. The number of carboxylic acid groups (broad SMARTS) is 2. The molecule has 2 unspecified atom stereocenters. The molecule has 0 amide bonds. The Kier molecular flexibility index (Phi) is 9.97. The smallest absolute Gasteiger partial charge is 0.550 e. The molecule has 0 fully saturated rings. The maximum absolute atomic E-state index is 12.6. The second-order valence-corrected chi connectivity index (χ2v) is 10.3. The van der Waals surface area contributed by atoms with Crippen LogP contribution in [-0.4, -0.2) is 49.7 Å². The Morgan fingerprint density at radius 2 is 0.814 bits per heavy atom. The Morgan fingerprint density at radius 3 is 1.19 bits per heavy atom. The van der Waals surface area contributed by atoms with Crippen LogP contribution in [0.5, 0.6) is 0 Å². The SMILES string of the molecule is CC(C(=O)[O-])c1ccc2c(=O)c3ccccc3ccc2c1.CC(C(=O)[O-])c1ccc2c(=O)c3ccccc3ccc2c1.[Ca+2]. The zero-order valence-corrected chi connectivity index (χ0v) is 25.9. The first-order valence-electron chi connectivity index (χ1n) is 13.5. The summed E-state index contributed by atoms with van der Waals surface area (Å²) in [5, 5.41) is 27.7.